The number of benzene rings is 1. The molecule has 0 fully saturated rings. The third-order valence-electron chi connectivity index (χ3n) is 3.39. The van der Waals surface area contributed by atoms with Crippen LogP contribution in [-0.4, -0.2) is 15.5 Å². The van der Waals surface area contributed by atoms with E-state index < -0.39 is 5.91 Å². The summed E-state index contributed by atoms with van der Waals surface area (Å²) in [4.78, 5) is 16.5. The molecule has 0 saturated heterocycles. The van der Waals surface area contributed by atoms with Crippen LogP contribution in [0, 0.1) is 5.82 Å². The van der Waals surface area contributed by atoms with Crippen molar-refractivity contribution in [1.82, 2.24) is 9.55 Å². The third kappa shape index (κ3) is 2.67. The summed E-state index contributed by atoms with van der Waals surface area (Å²) in [6.07, 6.45) is 0. The van der Waals surface area contributed by atoms with Crippen molar-refractivity contribution < 1.29 is 9.18 Å². The molecule has 0 aliphatic heterocycles. The first-order valence-corrected chi connectivity index (χ1v) is 7.73. The lowest BCUT2D eigenvalue weighted by atomic mass is 10.3. The SMILES string of the molecule is CCn1c(NCc2cc(C(N)=O)cs2)nc2cc(F)ccc21. The number of nitrogens with one attached hydrogen (secondary N) is 1. The molecule has 0 bridgehead atoms. The lowest BCUT2D eigenvalue weighted by Crippen LogP contribution is -2.09. The van der Waals surface area contributed by atoms with Gasteiger partial charge in [-0.25, -0.2) is 9.37 Å². The normalized spacial score (nSPS) is 11.0. The zero-order valence-corrected chi connectivity index (χ0v) is 12.8. The molecule has 114 valence electrons. The second-order valence-electron chi connectivity index (χ2n) is 4.83. The van der Waals surface area contributed by atoms with Crippen molar-refractivity contribution in [3.05, 3.63) is 45.9 Å². The summed E-state index contributed by atoms with van der Waals surface area (Å²) in [6, 6.07) is 6.34. The van der Waals surface area contributed by atoms with Crippen LogP contribution in [0.3, 0.4) is 0 Å². The van der Waals surface area contributed by atoms with Crippen LogP contribution in [0.5, 0.6) is 0 Å². The number of amides is 1. The Morgan fingerprint density at radius 1 is 1.45 bits per heavy atom. The Morgan fingerprint density at radius 3 is 2.95 bits per heavy atom. The van der Waals surface area contributed by atoms with E-state index in [4.69, 9.17) is 5.73 Å². The number of carbonyl (C=O) groups excluding carboxylic acids is 1. The molecule has 5 nitrogen and oxygen atoms in total. The highest BCUT2D eigenvalue weighted by atomic mass is 32.1. The number of rotatable bonds is 5. The Balaban J connectivity index is 1.85. The van der Waals surface area contributed by atoms with E-state index in [0.29, 0.717) is 23.6 Å². The Labute approximate surface area is 130 Å². The molecule has 0 aliphatic rings. The highest BCUT2D eigenvalue weighted by molar-refractivity contribution is 7.10. The number of aryl methyl sites for hydroxylation is 1. The van der Waals surface area contributed by atoms with Crippen molar-refractivity contribution in [1.29, 1.82) is 0 Å². The molecule has 3 aromatic rings. The average Bonchev–Trinajstić information content (AvgIpc) is 3.08. The maximum absolute atomic E-state index is 13.3. The van der Waals surface area contributed by atoms with E-state index in [-0.39, 0.29) is 5.82 Å². The highest BCUT2D eigenvalue weighted by Crippen LogP contribution is 2.22. The monoisotopic (exact) mass is 318 g/mol. The number of hydrogen-bond donors (Lipinski definition) is 2. The van der Waals surface area contributed by atoms with Crippen LogP contribution < -0.4 is 11.1 Å². The van der Waals surface area contributed by atoms with Gasteiger partial charge < -0.3 is 15.6 Å². The number of carbonyl (C=O) groups is 1. The molecule has 22 heavy (non-hydrogen) atoms. The predicted octanol–water partition coefficient (Wildman–Crippen LogP) is 2.97. The first-order valence-electron chi connectivity index (χ1n) is 6.85. The number of aromatic nitrogens is 2. The summed E-state index contributed by atoms with van der Waals surface area (Å²) in [5.74, 6) is -0.0555. The molecule has 3 rings (SSSR count). The lowest BCUT2D eigenvalue weighted by Gasteiger charge is -2.07. The van der Waals surface area contributed by atoms with E-state index in [1.54, 1.807) is 17.5 Å². The van der Waals surface area contributed by atoms with E-state index in [1.165, 1.54) is 23.5 Å². The van der Waals surface area contributed by atoms with Gasteiger partial charge in [0.25, 0.3) is 0 Å². The fourth-order valence-corrected chi connectivity index (χ4v) is 3.14. The van der Waals surface area contributed by atoms with Gasteiger partial charge in [-0.15, -0.1) is 11.3 Å². The van der Waals surface area contributed by atoms with Crippen LogP contribution in [0.1, 0.15) is 22.2 Å². The molecule has 0 aliphatic carbocycles. The van der Waals surface area contributed by atoms with Gasteiger partial charge in [0.05, 0.1) is 23.1 Å². The van der Waals surface area contributed by atoms with Gasteiger partial charge in [0, 0.05) is 22.9 Å². The summed E-state index contributed by atoms with van der Waals surface area (Å²) < 4.78 is 15.3. The fourth-order valence-electron chi connectivity index (χ4n) is 2.33. The second kappa shape index (κ2) is 5.76. The van der Waals surface area contributed by atoms with Gasteiger partial charge >= 0.3 is 0 Å². The molecule has 1 aromatic carbocycles. The van der Waals surface area contributed by atoms with Crippen LogP contribution in [0.25, 0.3) is 11.0 Å². The van der Waals surface area contributed by atoms with Crippen molar-refractivity contribution >= 4 is 34.2 Å². The number of thiophene rings is 1. The van der Waals surface area contributed by atoms with Gasteiger partial charge in [0.1, 0.15) is 5.82 Å². The lowest BCUT2D eigenvalue weighted by molar-refractivity contribution is 0.100. The molecule has 0 radical (unpaired) electrons. The number of primary amides is 1. The first kappa shape index (κ1) is 14.5. The maximum Gasteiger partial charge on any atom is 0.249 e. The second-order valence-corrected chi connectivity index (χ2v) is 5.83. The van der Waals surface area contributed by atoms with Crippen LogP contribution in [0.15, 0.2) is 29.6 Å². The molecule has 2 aromatic heterocycles. The van der Waals surface area contributed by atoms with Gasteiger partial charge in [0.15, 0.2) is 0 Å². The smallest absolute Gasteiger partial charge is 0.249 e. The number of nitrogens with zero attached hydrogens (tertiary/aromatic N) is 2. The van der Waals surface area contributed by atoms with Gasteiger partial charge in [0.2, 0.25) is 11.9 Å². The van der Waals surface area contributed by atoms with Crippen LogP contribution >= 0.6 is 11.3 Å². The Bertz CT molecular complexity index is 839. The number of hydrogen-bond acceptors (Lipinski definition) is 4. The Hall–Kier alpha value is -2.41. The molecular formula is C15H15FN4OS. The van der Waals surface area contributed by atoms with E-state index in [9.17, 15) is 9.18 Å². The van der Waals surface area contributed by atoms with Crippen LogP contribution in [0.2, 0.25) is 0 Å². The van der Waals surface area contributed by atoms with Gasteiger partial charge in [-0.1, -0.05) is 0 Å². The summed E-state index contributed by atoms with van der Waals surface area (Å²) in [5, 5.41) is 4.96. The van der Waals surface area contributed by atoms with E-state index in [0.717, 1.165) is 16.9 Å². The molecule has 3 N–H and O–H groups in total. The molecular weight excluding hydrogens is 303 g/mol. The topological polar surface area (TPSA) is 72.9 Å². The summed E-state index contributed by atoms with van der Waals surface area (Å²) in [6.45, 7) is 3.26. The van der Waals surface area contributed by atoms with Gasteiger partial charge in [-0.2, -0.15) is 0 Å². The van der Waals surface area contributed by atoms with E-state index in [2.05, 4.69) is 10.3 Å². The van der Waals surface area contributed by atoms with Crippen LogP contribution in [0.4, 0.5) is 10.3 Å². The van der Waals surface area contributed by atoms with Crippen molar-refractivity contribution in [2.24, 2.45) is 5.73 Å². The number of imidazole rings is 1. The summed E-state index contributed by atoms with van der Waals surface area (Å²) in [7, 11) is 0. The standard InChI is InChI=1S/C15H15FN4OS/c1-2-20-13-4-3-10(16)6-12(13)19-15(20)18-7-11-5-9(8-22-11)14(17)21/h3-6,8H,2,7H2,1H3,(H2,17,21)(H,18,19). The zero-order chi connectivity index (χ0) is 15.7. The summed E-state index contributed by atoms with van der Waals surface area (Å²) >= 11 is 1.46. The van der Waals surface area contributed by atoms with Crippen molar-refractivity contribution in [3.63, 3.8) is 0 Å². The van der Waals surface area contributed by atoms with E-state index >= 15 is 0 Å². The molecule has 0 atom stereocenters. The molecule has 0 saturated carbocycles. The number of nitrogens with two attached hydrogens (primary N) is 1. The minimum atomic E-state index is -0.432. The average molecular weight is 318 g/mol. The van der Waals surface area contributed by atoms with Gasteiger partial charge in [-0.05, 0) is 25.1 Å². The maximum atomic E-state index is 13.3. The Kier molecular flexibility index (Phi) is 3.81. The molecule has 1 amide bonds. The van der Waals surface area contributed by atoms with Gasteiger partial charge in [-0.3, -0.25) is 4.79 Å². The molecule has 0 spiro atoms. The minimum Gasteiger partial charge on any atom is -0.366 e. The quantitative estimate of drug-likeness (QED) is 0.759. The van der Waals surface area contributed by atoms with Crippen molar-refractivity contribution in [2.45, 2.75) is 20.0 Å². The van der Waals surface area contributed by atoms with E-state index in [1.807, 2.05) is 11.5 Å². The van der Waals surface area contributed by atoms with Crippen LogP contribution in [-0.2, 0) is 13.1 Å². The van der Waals surface area contributed by atoms with Crippen molar-refractivity contribution in [2.75, 3.05) is 5.32 Å². The zero-order valence-electron chi connectivity index (χ0n) is 12.0. The first-order chi connectivity index (χ1) is 10.6. The number of anilines is 1. The largest absolute Gasteiger partial charge is 0.366 e. The number of fused-ring (bicyclic) bond motifs is 1. The molecule has 7 heteroatoms. The predicted molar refractivity (Wildman–Crippen MR) is 85.5 cm³/mol. The minimum absolute atomic E-state index is 0.302. The fraction of sp³-hybridized carbons (Fsp3) is 0.200. The molecule has 0 unspecified atom stereocenters. The third-order valence-corrected chi connectivity index (χ3v) is 4.32. The van der Waals surface area contributed by atoms with Crippen molar-refractivity contribution in [3.8, 4) is 0 Å². The number of halogens is 1. The Morgan fingerprint density at radius 2 is 2.27 bits per heavy atom. The summed E-state index contributed by atoms with van der Waals surface area (Å²) in [5.41, 5.74) is 7.25. The molecule has 2 heterocycles. The highest BCUT2D eigenvalue weighted by Gasteiger charge is 2.11.